The monoisotopic (exact) mass is 301 g/mol. The highest BCUT2D eigenvalue weighted by molar-refractivity contribution is 7.98. The highest BCUT2D eigenvalue weighted by Crippen LogP contribution is 2.26. The molecule has 0 spiro atoms. The fourth-order valence-electron chi connectivity index (χ4n) is 1.49. The highest BCUT2D eigenvalue weighted by atomic mass is 35.5. The number of guanidine groups is 1. The van der Waals surface area contributed by atoms with Gasteiger partial charge in [-0.1, -0.05) is 11.6 Å². The zero-order valence-corrected chi connectivity index (χ0v) is 12.9. The average molecular weight is 302 g/mol. The van der Waals surface area contributed by atoms with Crippen LogP contribution in [0.15, 0.2) is 23.2 Å². The van der Waals surface area contributed by atoms with Crippen molar-refractivity contribution >= 4 is 35.0 Å². The van der Waals surface area contributed by atoms with Crippen LogP contribution in [0.1, 0.15) is 12.8 Å². The van der Waals surface area contributed by atoms with E-state index < -0.39 is 0 Å². The third kappa shape index (κ3) is 6.07. The third-order valence-corrected chi connectivity index (χ3v) is 3.46. The maximum Gasteiger partial charge on any atom is 0.193 e. The van der Waals surface area contributed by atoms with Crippen molar-refractivity contribution in [3.63, 3.8) is 0 Å². The number of nitrogens with one attached hydrogen (secondary N) is 1. The number of hydrogen-bond donors (Lipinski definition) is 2. The van der Waals surface area contributed by atoms with Gasteiger partial charge in [0.15, 0.2) is 5.96 Å². The number of rotatable bonds is 7. The highest BCUT2D eigenvalue weighted by Gasteiger charge is 2.02. The van der Waals surface area contributed by atoms with Crippen molar-refractivity contribution in [3.8, 4) is 5.75 Å². The van der Waals surface area contributed by atoms with E-state index in [4.69, 9.17) is 22.1 Å². The smallest absolute Gasteiger partial charge is 0.193 e. The number of ether oxygens (including phenoxy) is 1. The van der Waals surface area contributed by atoms with E-state index in [0.29, 0.717) is 16.7 Å². The van der Waals surface area contributed by atoms with Gasteiger partial charge in [0.1, 0.15) is 5.75 Å². The van der Waals surface area contributed by atoms with Gasteiger partial charge in [-0.05, 0) is 43.0 Å². The van der Waals surface area contributed by atoms with Crippen LogP contribution in [0.2, 0.25) is 5.02 Å². The predicted molar refractivity (Wildman–Crippen MR) is 85.7 cm³/mol. The van der Waals surface area contributed by atoms with E-state index in [-0.39, 0.29) is 0 Å². The summed E-state index contributed by atoms with van der Waals surface area (Å²) in [5.41, 5.74) is 6.60. The van der Waals surface area contributed by atoms with Gasteiger partial charge in [0.25, 0.3) is 0 Å². The van der Waals surface area contributed by atoms with Gasteiger partial charge in [-0.25, -0.2) is 0 Å². The van der Waals surface area contributed by atoms with Gasteiger partial charge in [0.05, 0.1) is 12.1 Å². The molecule has 0 aliphatic rings. The van der Waals surface area contributed by atoms with Crippen LogP contribution in [-0.4, -0.2) is 31.6 Å². The summed E-state index contributed by atoms with van der Waals surface area (Å²) in [6.07, 6.45) is 4.31. The van der Waals surface area contributed by atoms with Gasteiger partial charge >= 0.3 is 0 Å². The first-order valence-corrected chi connectivity index (χ1v) is 7.84. The van der Waals surface area contributed by atoms with E-state index >= 15 is 0 Å². The van der Waals surface area contributed by atoms with E-state index in [1.807, 2.05) is 17.8 Å². The summed E-state index contributed by atoms with van der Waals surface area (Å²) in [5, 5.41) is 3.55. The predicted octanol–water partition coefficient (Wildman–Crippen LogP) is 3.22. The Balaban J connectivity index is 2.45. The number of unbranched alkanes of at least 4 members (excludes halogenated alkanes) is 1. The lowest BCUT2D eigenvalue weighted by Gasteiger charge is -2.08. The molecule has 6 heteroatoms. The lowest BCUT2D eigenvalue weighted by Crippen LogP contribution is -2.22. The Kier molecular flexibility index (Phi) is 7.52. The minimum absolute atomic E-state index is 0.408. The zero-order valence-electron chi connectivity index (χ0n) is 11.3. The summed E-state index contributed by atoms with van der Waals surface area (Å²) in [6.45, 7) is 0.739. The van der Waals surface area contributed by atoms with Crippen molar-refractivity contribution in [1.82, 2.24) is 0 Å². The summed E-state index contributed by atoms with van der Waals surface area (Å²) >= 11 is 7.87. The first-order valence-electron chi connectivity index (χ1n) is 6.06. The molecule has 0 aliphatic heterocycles. The van der Waals surface area contributed by atoms with Gasteiger partial charge < -0.3 is 15.8 Å². The van der Waals surface area contributed by atoms with Gasteiger partial charge in [-0.15, -0.1) is 0 Å². The number of anilines is 1. The number of nitrogens with two attached hydrogens (primary N) is 1. The first kappa shape index (κ1) is 16.0. The molecular formula is C13H20ClN3OS. The molecule has 0 fully saturated rings. The minimum atomic E-state index is 0.408. The second-order valence-electron chi connectivity index (χ2n) is 3.94. The van der Waals surface area contributed by atoms with E-state index in [1.54, 1.807) is 19.2 Å². The minimum Gasteiger partial charge on any atom is -0.495 e. The van der Waals surface area contributed by atoms with Gasteiger partial charge in [0, 0.05) is 12.2 Å². The normalized spacial score (nSPS) is 11.4. The molecule has 0 radical (unpaired) electrons. The van der Waals surface area contributed by atoms with Crippen LogP contribution in [0, 0.1) is 0 Å². The average Bonchev–Trinajstić information content (AvgIpc) is 2.39. The SMILES string of the molecule is COc1ccc(NC(N)=NCCCCSC)cc1Cl. The van der Waals surface area contributed by atoms with E-state index in [2.05, 4.69) is 16.6 Å². The van der Waals surface area contributed by atoms with Crippen molar-refractivity contribution in [2.45, 2.75) is 12.8 Å². The van der Waals surface area contributed by atoms with Crippen LogP contribution in [0.25, 0.3) is 0 Å². The summed E-state index contributed by atoms with van der Waals surface area (Å²) < 4.78 is 5.08. The molecule has 0 atom stereocenters. The van der Waals surface area contributed by atoms with Crippen LogP contribution in [0.5, 0.6) is 5.75 Å². The molecule has 106 valence electrons. The molecule has 0 unspecified atom stereocenters. The van der Waals surface area contributed by atoms with Crippen molar-refractivity contribution < 1.29 is 4.74 Å². The van der Waals surface area contributed by atoms with E-state index in [9.17, 15) is 0 Å². The Morgan fingerprint density at radius 3 is 2.89 bits per heavy atom. The molecule has 1 rings (SSSR count). The van der Waals surface area contributed by atoms with Crippen LogP contribution < -0.4 is 15.8 Å². The number of methoxy groups -OCH3 is 1. The topological polar surface area (TPSA) is 59.6 Å². The number of halogens is 1. The van der Waals surface area contributed by atoms with Crippen LogP contribution in [0.3, 0.4) is 0 Å². The molecule has 0 heterocycles. The number of hydrogen-bond acceptors (Lipinski definition) is 3. The van der Waals surface area contributed by atoms with Crippen LogP contribution in [0.4, 0.5) is 5.69 Å². The standard InChI is InChI=1S/C13H20ClN3OS/c1-18-12-6-5-10(9-11(12)14)17-13(15)16-7-3-4-8-19-2/h5-6,9H,3-4,7-8H2,1-2H3,(H3,15,16,17). The summed E-state index contributed by atoms with van der Waals surface area (Å²) in [5.74, 6) is 2.21. The molecule has 0 amide bonds. The maximum absolute atomic E-state index is 6.03. The van der Waals surface area contributed by atoms with E-state index in [1.165, 1.54) is 0 Å². The first-order chi connectivity index (χ1) is 9.17. The maximum atomic E-state index is 6.03. The molecule has 1 aromatic rings. The molecule has 3 N–H and O–H groups in total. The molecule has 4 nitrogen and oxygen atoms in total. The Morgan fingerprint density at radius 1 is 1.47 bits per heavy atom. The van der Waals surface area contributed by atoms with Crippen LogP contribution in [-0.2, 0) is 0 Å². The fourth-order valence-corrected chi connectivity index (χ4v) is 2.24. The summed E-state index contributed by atoms with van der Waals surface area (Å²) in [6, 6.07) is 5.40. The summed E-state index contributed by atoms with van der Waals surface area (Å²) in [7, 11) is 1.58. The lowest BCUT2D eigenvalue weighted by molar-refractivity contribution is 0.415. The molecule has 0 bridgehead atoms. The quantitative estimate of drug-likeness (QED) is 0.461. The molecule has 0 saturated heterocycles. The molecule has 0 saturated carbocycles. The Hall–Kier alpha value is -1.07. The molecule has 19 heavy (non-hydrogen) atoms. The van der Waals surface area contributed by atoms with Crippen molar-refractivity contribution in [2.75, 3.05) is 31.0 Å². The Bertz CT molecular complexity index is 426. The summed E-state index contributed by atoms with van der Waals surface area (Å²) in [4.78, 5) is 4.26. The lowest BCUT2D eigenvalue weighted by atomic mass is 10.3. The number of nitrogens with zero attached hydrogens (tertiary/aromatic N) is 1. The van der Waals surface area contributed by atoms with Crippen molar-refractivity contribution in [1.29, 1.82) is 0 Å². The molecule has 0 aliphatic carbocycles. The van der Waals surface area contributed by atoms with Gasteiger partial charge in [-0.2, -0.15) is 11.8 Å². The number of aliphatic imine (C=N–C) groups is 1. The van der Waals surface area contributed by atoms with Gasteiger partial charge in [0.2, 0.25) is 0 Å². The largest absolute Gasteiger partial charge is 0.495 e. The third-order valence-electron chi connectivity index (χ3n) is 2.46. The molecule has 1 aromatic carbocycles. The number of thioether (sulfide) groups is 1. The second kappa shape index (κ2) is 8.93. The second-order valence-corrected chi connectivity index (χ2v) is 5.33. The van der Waals surface area contributed by atoms with E-state index in [0.717, 1.165) is 30.8 Å². The molecular weight excluding hydrogens is 282 g/mol. The van der Waals surface area contributed by atoms with Gasteiger partial charge in [-0.3, -0.25) is 4.99 Å². The van der Waals surface area contributed by atoms with Crippen molar-refractivity contribution in [2.24, 2.45) is 10.7 Å². The fraction of sp³-hybridized carbons (Fsp3) is 0.462. The Morgan fingerprint density at radius 2 is 2.26 bits per heavy atom. The zero-order chi connectivity index (χ0) is 14.1. The van der Waals surface area contributed by atoms with Crippen molar-refractivity contribution in [3.05, 3.63) is 23.2 Å². The Labute approximate surface area is 123 Å². The van der Waals surface area contributed by atoms with Crippen LogP contribution >= 0.6 is 23.4 Å². The number of benzene rings is 1. The molecule has 0 aromatic heterocycles.